The van der Waals surface area contributed by atoms with E-state index in [1.165, 1.54) is 0 Å². The third kappa shape index (κ3) is 4.25. The van der Waals surface area contributed by atoms with Crippen molar-refractivity contribution in [3.05, 3.63) is 58.3 Å². The highest BCUT2D eigenvalue weighted by molar-refractivity contribution is 6.35. The summed E-state index contributed by atoms with van der Waals surface area (Å²) in [6.07, 6.45) is 4.65. The van der Waals surface area contributed by atoms with Gasteiger partial charge in [-0.25, -0.2) is 9.79 Å². The third-order valence-electron chi connectivity index (χ3n) is 5.94. The number of nitrogens with zero attached hydrogens (tertiary/aromatic N) is 4. The minimum Gasteiger partial charge on any atom is -0.479 e. The number of halogens is 2. The molecule has 1 aliphatic carbocycles. The number of aromatic nitrogens is 1. The van der Waals surface area contributed by atoms with Gasteiger partial charge in [-0.2, -0.15) is 0 Å². The summed E-state index contributed by atoms with van der Waals surface area (Å²) in [5.74, 6) is -0.182. The van der Waals surface area contributed by atoms with E-state index in [-0.39, 0.29) is 0 Å². The first-order valence-electron chi connectivity index (χ1n) is 10.1. The molecule has 0 atom stereocenters. The molecule has 0 unspecified atom stereocenters. The lowest BCUT2D eigenvalue weighted by molar-refractivity contribution is -0.139. The van der Waals surface area contributed by atoms with Gasteiger partial charge in [-0.3, -0.25) is 4.98 Å². The second-order valence-electron chi connectivity index (χ2n) is 7.91. The number of rotatable bonds is 5. The zero-order valence-electron chi connectivity index (χ0n) is 16.8. The van der Waals surface area contributed by atoms with E-state index in [1.807, 2.05) is 37.4 Å². The molecule has 2 aliphatic rings. The number of hydrogen-bond donors (Lipinski definition) is 1. The van der Waals surface area contributed by atoms with E-state index < -0.39 is 11.5 Å². The van der Waals surface area contributed by atoms with Crippen LogP contribution in [-0.4, -0.2) is 58.5 Å². The van der Waals surface area contributed by atoms with Gasteiger partial charge in [-0.15, -0.1) is 0 Å². The number of benzene rings is 1. The molecule has 1 aliphatic heterocycles. The Bertz CT molecular complexity index is 955. The largest absolute Gasteiger partial charge is 0.479 e. The molecule has 1 aromatic heterocycles. The van der Waals surface area contributed by atoms with E-state index >= 15 is 0 Å². The van der Waals surface area contributed by atoms with Crippen LogP contribution in [0.5, 0.6) is 0 Å². The molecule has 158 valence electrons. The lowest BCUT2D eigenvalue weighted by Gasteiger charge is -2.39. The molecular formula is C22H24Cl2N4O2. The van der Waals surface area contributed by atoms with Crippen LogP contribution in [0.15, 0.2) is 47.6 Å². The average Bonchev–Trinajstić information content (AvgIpc) is 3.55. The number of piperidine rings is 1. The molecule has 4 rings (SSSR count). The first-order valence-corrected chi connectivity index (χ1v) is 10.8. The highest BCUT2D eigenvalue weighted by atomic mass is 35.5. The number of hydrogen-bond acceptors (Lipinski definition) is 4. The topological polar surface area (TPSA) is 69.0 Å². The van der Waals surface area contributed by atoms with E-state index in [9.17, 15) is 9.90 Å². The van der Waals surface area contributed by atoms with E-state index in [2.05, 4.69) is 14.8 Å². The van der Waals surface area contributed by atoms with Gasteiger partial charge in [0, 0.05) is 37.4 Å². The molecule has 2 fully saturated rings. The van der Waals surface area contributed by atoms with Gasteiger partial charge in [0.2, 0.25) is 0 Å². The molecule has 0 amide bonds. The molecule has 2 heterocycles. The Balaban J connectivity index is 1.53. The van der Waals surface area contributed by atoms with Crippen LogP contribution in [0.2, 0.25) is 10.0 Å². The second-order valence-corrected chi connectivity index (χ2v) is 8.76. The molecule has 0 radical (unpaired) electrons. The molecule has 30 heavy (non-hydrogen) atoms. The van der Waals surface area contributed by atoms with Crippen molar-refractivity contribution in [2.45, 2.75) is 37.3 Å². The first-order chi connectivity index (χ1) is 14.4. The number of amidine groups is 1. The summed E-state index contributed by atoms with van der Waals surface area (Å²) in [6, 6.07) is 11.4. The zero-order chi connectivity index (χ0) is 21.3. The Labute approximate surface area is 186 Å². The van der Waals surface area contributed by atoms with Crippen molar-refractivity contribution in [1.29, 1.82) is 0 Å². The maximum Gasteiger partial charge on any atom is 0.331 e. The van der Waals surface area contributed by atoms with Crippen molar-refractivity contribution in [1.82, 2.24) is 9.88 Å². The van der Waals surface area contributed by atoms with Gasteiger partial charge in [-0.05, 0) is 56.0 Å². The number of aliphatic carboxylic acids is 1. The van der Waals surface area contributed by atoms with Gasteiger partial charge in [-0.1, -0.05) is 29.3 Å². The Morgan fingerprint density at radius 3 is 2.57 bits per heavy atom. The molecule has 0 spiro atoms. The van der Waals surface area contributed by atoms with Gasteiger partial charge in [0.05, 0.1) is 10.7 Å². The van der Waals surface area contributed by atoms with Crippen LogP contribution >= 0.6 is 23.2 Å². The lowest BCUT2D eigenvalue weighted by atomic mass is 10.0. The highest BCUT2D eigenvalue weighted by Gasteiger charge is 2.51. The van der Waals surface area contributed by atoms with E-state index in [4.69, 9.17) is 28.2 Å². The molecule has 1 N–H and O–H groups in total. The molecule has 1 aromatic carbocycles. The number of carboxylic acids is 1. The van der Waals surface area contributed by atoms with Crippen molar-refractivity contribution < 1.29 is 9.90 Å². The number of carbonyl (C=O) groups is 1. The number of aliphatic imine (C=N–C) groups is 1. The molecule has 1 saturated heterocycles. The van der Waals surface area contributed by atoms with Crippen molar-refractivity contribution in [3.63, 3.8) is 0 Å². The Kier molecular flexibility index (Phi) is 5.89. The third-order valence-corrected chi connectivity index (χ3v) is 6.49. The van der Waals surface area contributed by atoms with Crippen LogP contribution in [-0.2, 0) is 4.79 Å². The minimum absolute atomic E-state index is 0.302. The van der Waals surface area contributed by atoms with Crippen molar-refractivity contribution >= 4 is 40.7 Å². The molecule has 1 saturated carbocycles. The fourth-order valence-corrected chi connectivity index (χ4v) is 4.31. The summed E-state index contributed by atoms with van der Waals surface area (Å²) < 4.78 is 0. The second kappa shape index (κ2) is 8.44. The molecule has 0 bridgehead atoms. The fraction of sp³-hybridized carbons (Fsp3) is 0.409. The summed E-state index contributed by atoms with van der Waals surface area (Å²) in [7, 11) is 2.04. The highest BCUT2D eigenvalue weighted by Crippen LogP contribution is 2.41. The zero-order valence-corrected chi connectivity index (χ0v) is 18.3. The van der Waals surface area contributed by atoms with Gasteiger partial charge < -0.3 is 14.9 Å². The Hall–Kier alpha value is -2.31. The van der Waals surface area contributed by atoms with E-state index in [1.54, 1.807) is 12.3 Å². The van der Waals surface area contributed by atoms with Crippen LogP contribution in [0, 0.1) is 0 Å². The number of pyridine rings is 1. The molecule has 2 aromatic rings. The first kappa shape index (κ1) is 20.9. The van der Waals surface area contributed by atoms with Crippen LogP contribution in [0.3, 0.4) is 0 Å². The normalized spacial score (nSPS) is 18.9. The van der Waals surface area contributed by atoms with Crippen molar-refractivity contribution in [2.75, 3.05) is 25.0 Å². The van der Waals surface area contributed by atoms with Crippen LogP contribution in [0.1, 0.15) is 31.4 Å². The quantitative estimate of drug-likeness (QED) is 0.545. The molecule has 8 heteroatoms. The van der Waals surface area contributed by atoms with Crippen LogP contribution < -0.4 is 4.90 Å². The van der Waals surface area contributed by atoms with Gasteiger partial charge >= 0.3 is 5.97 Å². The van der Waals surface area contributed by atoms with Crippen LogP contribution in [0.25, 0.3) is 0 Å². The summed E-state index contributed by atoms with van der Waals surface area (Å²) in [6.45, 7) is 1.52. The van der Waals surface area contributed by atoms with Gasteiger partial charge in [0.15, 0.2) is 11.4 Å². The lowest BCUT2D eigenvalue weighted by Crippen LogP contribution is -2.46. The standard InChI is InChI=1S/C22H24Cl2N4O2/c1-27(19-14-15(23)5-6-17(19)24)16-7-12-28(13-8-16)20(18-4-2-3-11-25-18)26-22(9-10-22)21(29)30/h2-6,11,14,16H,7-10,12-13H2,1H3,(H,29,30). The summed E-state index contributed by atoms with van der Waals surface area (Å²) in [5.41, 5.74) is 0.646. The summed E-state index contributed by atoms with van der Waals surface area (Å²) >= 11 is 12.5. The van der Waals surface area contributed by atoms with E-state index in [0.29, 0.717) is 34.8 Å². The monoisotopic (exact) mass is 446 g/mol. The predicted molar refractivity (Wildman–Crippen MR) is 120 cm³/mol. The molecular weight excluding hydrogens is 423 g/mol. The number of likely N-dealkylation sites (tertiary alicyclic amines) is 1. The molecule has 6 nitrogen and oxygen atoms in total. The maximum absolute atomic E-state index is 11.7. The Morgan fingerprint density at radius 1 is 1.23 bits per heavy atom. The van der Waals surface area contributed by atoms with Gasteiger partial charge in [0.25, 0.3) is 0 Å². The summed E-state index contributed by atoms with van der Waals surface area (Å²) in [5, 5.41) is 10.9. The van der Waals surface area contributed by atoms with Gasteiger partial charge in [0.1, 0.15) is 5.69 Å². The average molecular weight is 447 g/mol. The minimum atomic E-state index is -0.991. The number of anilines is 1. The van der Waals surface area contributed by atoms with Crippen molar-refractivity contribution in [3.8, 4) is 0 Å². The van der Waals surface area contributed by atoms with E-state index in [0.717, 1.165) is 37.3 Å². The number of carboxylic acid groups (broad SMARTS) is 1. The predicted octanol–water partition coefficient (Wildman–Crippen LogP) is 4.35. The van der Waals surface area contributed by atoms with Crippen LogP contribution in [0.4, 0.5) is 5.69 Å². The smallest absolute Gasteiger partial charge is 0.331 e. The fourth-order valence-electron chi connectivity index (χ4n) is 3.90. The van der Waals surface area contributed by atoms with Crippen molar-refractivity contribution in [2.24, 2.45) is 4.99 Å². The summed E-state index contributed by atoms with van der Waals surface area (Å²) in [4.78, 5) is 25.2. The SMILES string of the molecule is CN(c1cc(Cl)ccc1Cl)C1CCN(C(=NC2(C(=O)O)CC2)c2ccccn2)CC1. The maximum atomic E-state index is 11.7. The Morgan fingerprint density at radius 2 is 1.97 bits per heavy atom.